The van der Waals surface area contributed by atoms with E-state index in [4.69, 9.17) is 18.9 Å². The molecule has 0 aromatic heterocycles. The number of aliphatic hydroxyl groups is 2. The molecule has 2 aliphatic rings. The van der Waals surface area contributed by atoms with E-state index in [1.54, 1.807) is 13.8 Å². The van der Waals surface area contributed by atoms with E-state index in [0.717, 1.165) is 11.1 Å². The molecule has 2 heterocycles. The number of aryl methyl sites for hydroxylation is 1. The summed E-state index contributed by atoms with van der Waals surface area (Å²) in [5.74, 6) is -2.03. The molecule has 3 rings (SSSR count). The third-order valence-electron chi connectivity index (χ3n) is 4.36. The zero-order chi connectivity index (χ0) is 16.7. The molecule has 0 saturated carbocycles. The summed E-state index contributed by atoms with van der Waals surface area (Å²) in [7, 11) is 0. The highest BCUT2D eigenvalue weighted by Gasteiger charge is 2.58. The summed E-state index contributed by atoms with van der Waals surface area (Å²) in [6, 6.07) is 7.85. The fraction of sp³-hybridized carbons (Fsp3) is 0.647. The van der Waals surface area contributed by atoms with Crippen molar-refractivity contribution in [2.24, 2.45) is 0 Å². The first-order chi connectivity index (χ1) is 10.8. The topological polar surface area (TPSA) is 77.4 Å². The summed E-state index contributed by atoms with van der Waals surface area (Å²) in [6.45, 7) is 5.96. The van der Waals surface area contributed by atoms with E-state index in [1.165, 1.54) is 0 Å². The van der Waals surface area contributed by atoms with Crippen LogP contribution in [-0.4, -0.2) is 53.3 Å². The molecule has 1 spiro atoms. The lowest BCUT2D eigenvalue weighted by atomic mass is 9.97. The van der Waals surface area contributed by atoms with Crippen LogP contribution in [0.4, 0.5) is 0 Å². The lowest BCUT2D eigenvalue weighted by molar-refractivity contribution is -0.347. The van der Waals surface area contributed by atoms with Crippen molar-refractivity contribution in [2.75, 3.05) is 13.2 Å². The molecule has 0 unspecified atom stereocenters. The molecular weight excluding hydrogens is 300 g/mol. The van der Waals surface area contributed by atoms with Gasteiger partial charge in [0.05, 0.1) is 13.2 Å². The Morgan fingerprint density at radius 3 is 2.61 bits per heavy atom. The smallest absolute Gasteiger partial charge is 0.224 e. The van der Waals surface area contributed by atoms with Gasteiger partial charge in [-0.2, -0.15) is 0 Å². The van der Waals surface area contributed by atoms with Gasteiger partial charge in [0, 0.05) is 0 Å². The molecule has 4 atom stereocenters. The summed E-state index contributed by atoms with van der Waals surface area (Å²) in [4.78, 5) is 0. The highest BCUT2D eigenvalue weighted by molar-refractivity contribution is 5.24. The van der Waals surface area contributed by atoms with Gasteiger partial charge in [0.1, 0.15) is 24.9 Å². The molecule has 0 radical (unpaired) electrons. The van der Waals surface area contributed by atoms with Crippen LogP contribution in [0.15, 0.2) is 24.3 Å². The molecule has 0 aliphatic carbocycles. The van der Waals surface area contributed by atoms with Crippen LogP contribution >= 0.6 is 0 Å². The van der Waals surface area contributed by atoms with E-state index in [-0.39, 0.29) is 19.8 Å². The van der Waals surface area contributed by atoms with Gasteiger partial charge in [-0.25, -0.2) is 0 Å². The zero-order valence-electron chi connectivity index (χ0n) is 13.7. The van der Waals surface area contributed by atoms with Gasteiger partial charge in [-0.05, 0) is 31.9 Å². The van der Waals surface area contributed by atoms with Crippen molar-refractivity contribution >= 4 is 0 Å². The van der Waals surface area contributed by atoms with E-state index >= 15 is 0 Å². The molecule has 0 amide bonds. The molecule has 6 heteroatoms. The quantitative estimate of drug-likeness (QED) is 0.867. The van der Waals surface area contributed by atoms with E-state index < -0.39 is 29.9 Å². The van der Waals surface area contributed by atoms with E-state index in [1.807, 2.05) is 31.2 Å². The molecule has 23 heavy (non-hydrogen) atoms. The molecule has 128 valence electrons. The van der Waals surface area contributed by atoms with Crippen molar-refractivity contribution in [3.8, 4) is 0 Å². The van der Waals surface area contributed by atoms with Crippen LogP contribution in [0.1, 0.15) is 25.0 Å². The SMILES string of the molecule is Cc1ccccc1CO[C@H]1[C@H](O)[C@H](O)CO[C@]12COC(C)(C)O2. The second-order valence-electron chi connectivity index (χ2n) is 6.63. The van der Waals surface area contributed by atoms with E-state index in [0.29, 0.717) is 0 Å². The molecule has 1 aromatic rings. The Bertz CT molecular complexity index is 560. The molecule has 2 N–H and O–H groups in total. The summed E-state index contributed by atoms with van der Waals surface area (Å²) < 4.78 is 23.1. The van der Waals surface area contributed by atoms with Crippen LogP contribution in [0.3, 0.4) is 0 Å². The minimum Gasteiger partial charge on any atom is -0.388 e. The Hall–Kier alpha value is -1.02. The first kappa shape index (κ1) is 16.8. The highest BCUT2D eigenvalue weighted by atomic mass is 16.8. The van der Waals surface area contributed by atoms with Crippen LogP contribution in [0.25, 0.3) is 0 Å². The van der Waals surface area contributed by atoms with Gasteiger partial charge in [-0.3, -0.25) is 0 Å². The first-order valence-corrected chi connectivity index (χ1v) is 7.83. The van der Waals surface area contributed by atoms with Gasteiger partial charge in [0.15, 0.2) is 5.79 Å². The van der Waals surface area contributed by atoms with Crippen molar-refractivity contribution in [3.63, 3.8) is 0 Å². The predicted octanol–water partition coefficient (Wildman–Crippen LogP) is 1.11. The molecule has 0 bridgehead atoms. The number of ether oxygens (including phenoxy) is 4. The van der Waals surface area contributed by atoms with Gasteiger partial charge in [0.2, 0.25) is 5.79 Å². The van der Waals surface area contributed by atoms with Crippen LogP contribution in [0.2, 0.25) is 0 Å². The third-order valence-corrected chi connectivity index (χ3v) is 4.36. The Morgan fingerprint density at radius 2 is 1.96 bits per heavy atom. The van der Waals surface area contributed by atoms with Crippen molar-refractivity contribution in [1.29, 1.82) is 0 Å². The average Bonchev–Trinajstić information content (AvgIpc) is 2.81. The van der Waals surface area contributed by atoms with Gasteiger partial charge in [0.25, 0.3) is 0 Å². The Morgan fingerprint density at radius 1 is 1.22 bits per heavy atom. The second kappa shape index (κ2) is 6.12. The van der Waals surface area contributed by atoms with Gasteiger partial charge in [-0.15, -0.1) is 0 Å². The minimum atomic E-state index is -1.20. The standard InChI is InChI=1S/C17H24O6/c1-11-6-4-5-7-12(11)8-20-15-14(19)13(18)9-21-17(15)10-22-16(2,3)23-17/h4-7,13-15,18-19H,8-10H2,1-3H3/t13-,14-,15+,17+/m1/s1. The van der Waals surface area contributed by atoms with Crippen molar-refractivity contribution in [1.82, 2.24) is 0 Å². The summed E-state index contributed by atoms with van der Waals surface area (Å²) in [6.07, 6.45) is -2.97. The summed E-state index contributed by atoms with van der Waals surface area (Å²) in [5.41, 5.74) is 2.10. The Balaban J connectivity index is 1.79. The Labute approximate surface area is 135 Å². The van der Waals surface area contributed by atoms with Crippen LogP contribution in [0, 0.1) is 6.92 Å². The van der Waals surface area contributed by atoms with Crippen LogP contribution in [0.5, 0.6) is 0 Å². The number of benzene rings is 1. The highest BCUT2D eigenvalue weighted by Crippen LogP contribution is 2.40. The van der Waals surface area contributed by atoms with Crippen LogP contribution < -0.4 is 0 Å². The van der Waals surface area contributed by atoms with Crippen molar-refractivity contribution < 1.29 is 29.2 Å². The molecule has 2 aliphatic heterocycles. The van der Waals surface area contributed by atoms with Crippen molar-refractivity contribution in [2.45, 2.75) is 57.3 Å². The summed E-state index contributed by atoms with van der Waals surface area (Å²) in [5, 5.41) is 20.3. The summed E-state index contributed by atoms with van der Waals surface area (Å²) >= 11 is 0. The molecule has 6 nitrogen and oxygen atoms in total. The maximum Gasteiger partial charge on any atom is 0.224 e. The largest absolute Gasteiger partial charge is 0.388 e. The lowest BCUT2D eigenvalue weighted by Crippen LogP contribution is -2.63. The molecule has 1 aromatic carbocycles. The van der Waals surface area contributed by atoms with E-state index in [2.05, 4.69) is 0 Å². The number of hydrogen-bond acceptors (Lipinski definition) is 6. The number of hydrogen-bond donors (Lipinski definition) is 2. The Kier molecular flexibility index (Phi) is 4.48. The van der Waals surface area contributed by atoms with Gasteiger partial charge >= 0.3 is 0 Å². The van der Waals surface area contributed by atoms with Gasteiger partial charge in [-0.1, -0.05) is 24.3 Å². The molecular formula is C17H24O6. The zero-order valence-corrected chi connectivity index (χ0v) is 13.7. The molecule has 2 saturated heterocycles. The number of rotatable bonds is 3. The maximum atomic E-state index is 10.4. The van der Waals surface area contributed by atoms with Gasteiger partial charge < -0.3 is 29.2 Å². The lowest BCUT2D eigenvalue weighted by Gasteiger charge is -2.44. The first-order valence-electron chi connectivity index (χ1n) is 7.83. The molecule has 2 fully saturated rings. The predicted molar refractivity (Wildman–Crippen MR) is 81.6 cm³/mol. The van der Waals surface area contributed by atoms with Crippen LogP contribution in [-0.2, 0) is 25.6 Å². The normalized spacial score (nSPS) is 36.5. The number of aliphatic hydroxyl groups excluding tert-OH is 2. The third kappa shape index (κ3) is 3.28. The second-order valence-corrected chi connectivity index (χ2v) is 6.63. The van der Waals surface area contributed by atoms with E-state index in [9.17, 15) is 10.2 Å². The monoisotopic (exact) mass is 324 g/mol. The maximum absolute atomic E-state index is 10.4. The van der Waals surface area contributed by atoms with Crippen molar-refractivity contribution in [3.05, 3.63) is 35.4 Å². The minimum absolute atomic E-state index is 0.0230. The average molecular weight is 324 g/mol. The fourth-order valence-corrected chi connectivity index (χ4v) is 3.01. The fourth-order valence-electron chi connectivity index (χ4n) is 3.01.